The van der Waals surface area contributed by atoms with E-state index < -0.39 is 0 Å². The third kappa shape index (κ3) is 3.75. The second-order valence-electron chi connectivity index (χ2n) is 8.91. The van der Waals surface area contributed by atoms with Gasteiger partial charge in [-0.2, -0.15) is 0 Å². The smallest absolute Gasteiger partial charge is 0.254 e. The highest BCUT2D eigenvalue weighted by Crippen LogP contribution is 2.46. The van der Waals surface area contributed by atoms with Gasteiger partial charge in [0.25, 0.3) is 5.91 Å². The maximum Gasteiger partial charge on any atom is 0.254 e. The standard InChI is InChI=1S/C25H28N2O4/c1-30-22-11-17(25(29)27-13-18-9-19(18)14-27)10-21(24(22)31-2)26-23(28)12-16-8-7-15-5-3-4-6-20(15)16/h3-6,10-11,16,18-19H,7-9,12-14H2,1-2H3,(H,26,28)/t16?,18-,19+. The predicted octanol–water partition coefficient (Wildman–Crippen LogP) is 3.85. The number of hydrogen-bond acceptors (Lipinski definition) is 4. The van der Waals surface area contributed by atoms with Crippen LogP contribution in [0.4, 0.5) is 5.69 Å². The molecule has 1 unspecified atom stereocenters. The lowest BCUT2D eigenvalue weighted by atomic mass is 9.97. The number of carbonyl (C=O) groups is 2. The Kier molecular flexibility index (Phi) is 5.08. The first-order valence-corrected chi connectivity index (χ1v) is 11.0. The van der Waals surface area contributed by atoms with Crippen molar-refractivity contribution in [2.45, 2.75) is 31.6 Å². The van der Waals surface area contributed by atoms with Crippen LogP contribution >= 0.6 is 0 Å². The molecule has 0 aromatic heterocycles. The first-order chi connectivity index (χ1) is 15.1. The van der Waals surface area contributed by atoms with Crippen molar-refractivity contribution in [1.29, 1.82) is 0 Å². The van der Waals surface area contributed by atoms with Gasteiger partial charge in [0.15, 0.2) is 11.5 Å². The van der Waals surface area contributed by atoms with Gasteiger partial charge in [0.05, 0.1) is 19.9 Å². The number of nitrogens with one attached hydrogen (secondary N) is 1. The van der Waals surface area contributed by atoms with Crippen LogP contribution in [0.5, 0.6) is 11.5 Å². The second-order valence-corrected chi connectivity index (χ2v) is 8.91. The number of anilines is 1. The molecule has 5 rings (SSSR count). The van der Waals surface area contributed by atoms with Crippen LogP contribution in [0.3, 0.4) is 0 Å². The van der Waals surface area contributed by atoms with Crippen molar-refractivity contribution in [3.63, 3.8) is 0 Å². The van der Waals surface area contributed by atoms with Crippen LogP contribution < -0.4 is 14.8 Å². The number of hydrogen-bond donors (Lipinski definition) is 1. The number of piperidine rings is 1. The number of amides is 2. The van der Waals surface area contributed by atoms with Crippen molar-refractivity contribution < 1.29 is 19.1 Å². The van der Waals surface area contributed by atoms with E-state index in [0.717, 1.165) is 25.9 Å². The van der Waals surface area contributed by atoms with E-state index >= 15 is 0 Å². The van der Waals surface area contributed by atoms with Crippen LogP contribution in [0.15, 0.2) is 36.4 Å². The van der Waals surface area contributed by atoms with E-state index in [9.17, 15) is 9.59 Å². The number of ether oxygens (including phenoxy) is 2. The van der Waals surface area contributed by atoms with Gasteiger partial charge in [-0.15, -0.1) is 0 Å². The minimum absolute atomic E-state index is 0.0200. The first kappa shape index (κ1) is 19.9. The molecule has 1 heterocycles. The molecule has 0 spiro atoms. The summed E-state index contributed by atoms with van der Waals surface area (Å²) in [5.41, 5.74) is 3.58. The fourth-order valence-electron chi connectivity index (χ4n) is 5.21. The van der Waals surface area contributed by atoms with E-state index in [1.807, 2.05) is 17.0 Å². The lowest BCUT2D eigenvalue weighted by Gasteiger charge is -2.21. The Morgan fingerprint density at radius 3 is 2.61 bits per heavy atom. The second kappa shape index (κ2) is 7.91. The minimum Gasteiger partial charge on any atom is -0.493 e. The van der Waals surface area contributed by atoms with Crippen molar-refractivity contribution in [2.75, 3.05) is 32.6 Å². The zero-order valence-corrected chi connectivity index (χ0v) is 18.0. The quantitative estimate of drug-likeness (QED) is 0.771. The van der Waals surface area contributed by atoms with Crippen molar-refractivity contribution in [2.24, 2.45) is 11.8 Å². The average molecular weight is 421 g/mol. The molecule has 6 nitrogen and oxygen atoms in total. The van der Waals surface area contributed by atoms with E-state index in [2.05, 4.69) is 17.4 Å². The molecule has 1 N–H and O–H groups in total. The molecule has 31 heavy (non-hydrogen) atoms. The van der Waals surface area contributed by atoms with Crippen molar-refractivity contribution in [3.05, 3.63) is 53.1 Å². The maximum atomic E-state index is 13.1. The Morgan fingerprint density at radius 1 is 1.10 bits per heavy atom. The summed E-state index contributed by atoms with van der Waals surface area (Å²) in [4.78, 5) is 27.9. The molecule has 1 saturated carbocycles. The molecular formula is C25H28N2O4. The summed E-state index contributed by atoms with van der Waals surface area (Å²) in [6.07, 6.45) is 3.62. The number of likely N-dealkylation sites (tertiary alicyclic amines) is 1. The molecule has 3 aliphatic rings. The van der Waals surface area contributed by atoms with Crippen LogP contribution in [0.2, 0.25) is 0 Å². The zero-order valence-electron chi connectivity index (χ0n) is 18.0. The zero-order chi connectivity index (χ0) is 21.5. The number of fused-ring (bicyclic) bond motifs is 2. The number of carbonyl (C=O) groups excluding carboxylic acids is 2. The molecule has 2 amide bonds. The van der Waals surface area contributed by atoms with Crippen LogP contribution in [0, 0.1) is 11.8 Å². The Bertz CT molecular complexity index is 1020. The summed E-state index contributed by atoms with van der Waals surface area (Å²) < 4.78 is 11.0. The van der Waals surface area contributed by atoms with E-state index in [-0.39, 0.29) is 17.7 Å². The van der Waals surface area contributed by atoms with Gasteiger partial charge in [0, 0.05) is 25.1 Å². The van der Waals surface area contributed by atoms with E-state index in [1.54, 1.807) is 12.1 Å². The average Bonchev–Trinajstić information content (AvgIpc) is 3.19. The van der Waals surface area contributed by atoms with Gasteiger partial charge in [-0.05, 0) is 60.3 Å². The lowest BCUT2D eigenvalue weighted by molar-refractivity contribution is -0.116. The van der Waals surface area contributed by atoms with Crippen molar-refractivity contribution in [1.82, 2.24) is 4.90 Å². The molecule has 2 fully saturated rings. The highest BCUT2D eigenvalue weighted by atomic mass is 16.5. The Labute approximate surface area is 182 Å². The molecule has 162 valence electrons. The normalized spacial score (nSPS) is 23.2. The molecule has 3 atom stereocenters. The summed E-state index contributed by atoms with van der Waals surface area (Å²) in [5.74, 6) is 2.31. The topological polar surface area (TPSA) is 67.9 Å². The molecular weight excluding hydrogens is 392 g/mol. The molecule has 1 saturated heterocycles. The van der Waals surface area contributed by atoms with Gasteiger partial charge in [0.1, 0.15) is 0 Å². The minimum atomic E-state index is -0.0888. The third-order valence-electron chi connectivity index (χ3n) is 6.95. The summed E-state index contributed by atoms with van der Waals surface area (Å²) in [5, 5.41) is 2.98. The number of aryl methyl sites for hydroxylation is 1. The van der Waals surface area contributed by atoms with Gasteiger partial charge in [-0.3, -0.25) is 9.59 Å². The fourth-order valence-corrected chi connectivity index (χ4v) is 5.21. The van der Waals surface area contributed by atoms with Crippen molar-refractivity contribution >= 4 is 17.5 Å². The Hall–Kier alpha value is -3.02. The third-order valence-corrected chi connectivity index (χ3v) is 6.95. The monoisotopic (exact) mass is 420 g/mol. The molecule has 2 aliphatic carbocycles. The van der Waals surface area contributed by atoms with Crippen LogP contribution in [-0.4, -0.2) is 44.0 Å². The van der Waals surface area contributed by atoms with Gasteiger partial charge in [0.2, 0.25) is 5.91 Å². The van der Waals surface area contributed by atoms with Crippen LogP contribution in [0.25, 0.3) is 0 Å². The molecule has 6 heteroatoms. The fraction of sp³-hybridized carbons (Fsp3) is 0.440. The Balaban J connectivity index is 1.36. The largest absolute Gasteiger partial charge is 0.493 e. The summed E-state index contributed by atoms with van der Waals surface area (Å²) in [7, 11) is 3.08. The van der Waals surface area contributed by atoms with Crippen LogP contribution in [-0.2, 0) is 11.2 Å². The lowest BCUT2D eigenvalue weighted by Crippen LogP contribution is -2.30. The summed E-state index contributed by atoms with van der Waals surface area (Å²) in [6, 6.07) is 11.7. The van der Waals surface area contributed by atoms with E-state index in [4.69, 9.17) is 9.47 Å². The number of nitrogens with zero attached hydrogens (tertiary/aromatic N) is 1. The van der Waals surface area contributed by atoms with Gasteiger partial charge >= 0.3 is 0 Å². The highest BCUT2D eigenvalue weighted by molar-refractivity contribution is 5.99. The van der Waals surface area contributed by atoms with E-state index in [1.165, 1.54) is 31.8 Å². The SMILES string of the molecule is COc1cc(C(=O)N2C[C@H]3C[C@H]3C2)cc(NC(=O)CC2CCc3ccccc32)c1OC. The van der Waals surface area contributed by atoms with Gasteiger partial charge in [-0.25, -0.2) is 0 Å². The van der Waals surface area contributed by atoms with Crippen LogP contribution in [0.1, 0.15) is 46.7 Å². The molecule has 1 aliphatic heterocycles. The van der Waals surface area contributed by atoms with Gasteiger partial charge in [-0.1, -0.05) is 24.3 Å². The highest BCUT2D eigenvalue weighted by Gasteiger charge is 2.46. The maximum absolute atomic E-state index is 13.1. The Morgan fingerprint density at radius 2 is 1.87 bits per heavy atom. The molecule has 0 radical (unpaired) electrons. The number of rotatable bonds is 6. The number of methoxy groups -OCH3 is 2. The predicted molar refractivity (Wildman–Crippen MR) is 118 cm³/mol. The molecule has 0 bridgehead atoms. The molecule has 2 aromatic rings. The van der Waals surface area contributed by atoms with Gasteiger partial charge < -0.3 is 19.7 Å². The van der Waals surface area contributed by atoms with E-state index in [0.29, 0.717) is 41.0 Å². The van der Waals surface area contributed by atoms with Crippen molar-refractivity contribution in [3.8, 4) is 11.5 Å². The summed E-state index contributed by atoms with van der Waals surface area (Å²) >= 11 is 0. The molecule has 2 aromatic carbocycles. The number of benzene rings is 2. The first-order valence-electron chi connectivity index (χ1n) is 11.0. The summed E-state index contributed by atoms with van der Waals surface area (Å²) in [6.45, 7) is 1.64.